The van der Waals surface area contributed by atoms with Crippen LogP contribution in [0.1, 0.15) is 19.8 Å². The normalized spacial score (nSPS) is 24.3. The number of rotatable bonds is 4. The fourth-order valence-corrected chi connectivity index (χ4v) is 2.69. The van der Waals surface area contributed by atoms with Crippen LogP contribution >= 0.6 is 24.0 Å². The fourth-order valence-electron chi connectivity index (χ4n) is 1.82. The summed E-state index contributed by atoms with van der Waals surface area (Å²) in [6.07, 6.45) is 4.59. The second-order valence-electron chi connectivity index (χ2n) is 3.74. The van der Waals surface area contributed by atoms with Crippen molar-refractivity contribution in [3.05, 3.63) is 0 Å². The summed E-state index contributed by atoms with van der Waals surface area (Å²) in [5, 5.41) is 3.38. The van der Waals surface area contributed by atoms with E-state index in [4.69, 9.17) is 17.0 Å². The van der Waals surface area contributed by atoms with Crippen molar-refractivity contribution in [3.63, 3.8) is 0 Å². The van der Waals surface area contributed by atoms with Gasteiger partial charge in [-0.1, -0.05) is 12.2 Å². The van der Waals surface area contributed by atoms with Gasteiger partial charge in [-0.2, -0.15) is 11.8 Å². The van der Waals surface area contributed by atoms with Crippen molar-refractivity contribution >= 4 is 29.0 Å². The van der Waals surface area contributed by atoms with Gasteiger partial charge in [0.25, 0.3) is 0 Å². The van der Waals surface area contributed by atoms with Gasteiger partial charge in [0, 0.05) is 24.3 Å². The molecule has 82 valence electrons. The van der Waals surface area contributed by atoms with Crippen molar-refractivity contribution in [1.82, 2.24) is 5.32 Å². The number of hydrogen-bond donors (Lipinski definition) is 1. The summed E-state index contributed by atoms with van der Waals surface area (Å²) in [7, 11) is 0. The molecule has 2 nitrogen and oxygen atoms in total. The van der Waals surface area contributed by atoms with Crippen LogP contribution in [0.4, 0.5) is 0 Å². The van der Waals surface area contributed by atoms with Crippen LogP contribution in [-0.4, -0.2) is 36.3 Å². The minimum Gasteiger partial charge on any atom is -0.381 e. The lowest BCUT2D eigenvalue weighted by Crippen LogP contribution is -2.43. The van der Waals surface area contributed by atoms with E-state index in [2.05, 4.69) is 11.6 Å². The van der Waals surface area contributed by atoms with E-state index in [-0.39, 0.29) is 0 Å². The van der Waals surface area contributed by atoms with Crippen LogP contribution in [0.2, 0.25) is 0 Å². The van der Waals surface area contributed by atoms with E-state index in [1.807, 2.05) is 18.7 Å². The molecule has 0 spiro atoms. The standard InChI is InChI=1S/C10H19NOS2/c1-8(13)11-10(7-14-2)9-4-3-5-12-6-9/h9-10H,3-7H2,1-2H3,(H,11,13). The lowest BCUT2D eigenvalue weighted by atomic mass is 9.95. The third kappa shape index (κ3) is 4.15. The number of nitrogens with one attached hydrogen (secondary N) is 1. The quantitative estimate of drug-likeness (QED) is 0.750. The van der Waals surface area contributed by atoms with E-state index in [0.717, 1.165) is 24.0 Å². The van der Waals surface area contributed by atoms with Gasteiger partial charge in [-0.15, -0.1) is 0 Å². The first-order chi connectivity index (χ1) is 6.74. The topological polar surface area (TPSA) is 21.3 Å². The third-order valence-corrected chi connectivity index (χ3v) is 3.31. The maximum absolute atomic E-state index is 5.50. The van der Waals surface area contributed by atoms with Crippen molar-refractivity contribution in [2.45, 2.75) is 25.8 Å². The first kappa shape index (κ1) is 12.3. The van der Waals surface area contributed by atoms with Gasteiger partial charge >= 0.3 is 0 Å². The second kappa shape index (κ2) is 6.64. The molecule has 0 aromatic carbocycles. The summed E-state index contributed by atoms with van der Waals surface area (Å²) in [6, 6.07) is 0.489. The molecule has 1 saturated heterocycles. The maximum atomic E-state index is 5.50. The van der Waals surface area contributed by atoms with Crippen LogP contribution in [0.25, 0.3) is 0 Å². The molecule has 0 saturated carbocycles. The van der Waals surface area contributed by atoms with Crippen molar-refractivity contribution < 1.29 is 4.74 Å². The zero-order valence-electron chi connectivity index (χ0n) is 8.91. The van der Waals surface area contributed by atoms with Crippen LogP contribution in [0.3, 0.4) is 0 Å². The molecule has 2 unspecified atom stereocenters. The fraction of sp³-hybridized carbons (Fsp3) is 0.900. The summed E-state index contributed by atoms with van der Waals surface area (Å²) in [5.41, 5.74) is 0. The lowest BCUT2D eigenvalue weighted by Gasteiger charge is -2.30. The van der Waals surface area contributed by atoms with Crippen LogP contribution in [0.15, 0.2) is 0 Å². The smallest absolute Gasteiger partial charge is 0.0724 e. The van der Waals surface area contributed by atoms with E-state index in [9.17, 15) is 0 Å². The summed E-state index contributed by atoms with van der Waals surface area (Å²) < 4.78 is 5.50. The second-order valence-corrected chi connectivity index (χ2v) is 5.26. The molecule has 4 heteroatoms. The highest BCUT2D eigenvalue weighted by atomic mass is 32.2. The first-order valence-electron chi connectivity index (χ1n) is 5.08. The molecular formula is C10H19NOS2. The first-order valence-corrected chi connectivity index (χ1v) is 6.88. The number of hydrogen-bond acceptors (Lipinski definition) is 3. The largest absolute Gasteiger partial charge is 0.381 e. The Bertz CT molecular complexity index is 181. The predicted molar refractivity (Wildman–Crippen MR) is 67.1 cm³/mol. The molecule has 0 aliphatic carbocycles. The molecule has 1 aliphatic rings. The van der Waals surface area contributed by atoms with Crippen LogP contribution < -0.4 is 5.32 Å². The SMILES string of the molecule is CSCC(NC(C)=S)C1CCCOC1. The highest BCUT2D eigenvalue weighted by Gasteiger charge is 2.23. The van der Waals surface area contributed by atoms with E-state index in [1.54, 1.807) is 0 Å². The van der Waals surface area contributed by atoms with Crippen LogP contribution in [-0.2, 0) is 4.74 Å². The third-order valence-electron chi connectivity index (χ3n) is 2.50. The molecule has 0 radical (unpaired) electrons. The number of ether oxygens (including phenoxy) is 1. The molecule has 0 aromatic rings. The summed E-state index contributed by atoms with van der Waals surface area (Å²) >= 11 is 6.96. The van der Waals surface area contributed by atoms with Crippen molar-refractivity contribution in [2.75, 3.05) is 25.2 Å². The monoisotopic (exact) mass is 233 g/mol. The molecule has 1 fully saturated rings. The molecule has 14 heavy (non-hydrogen) atoms. The van der Waals surface area contributed by atoms with Crippen molar-refractivity contribution in [2.24, 2.45) is 5.92 Å². The zero-order chi connectivity index (χ0) is 10.4. The minimum atomic E-state index is 0.489. The minimum absolute atomic E-state index is 0.489. The Morgan fingerprint density at radius 1 is 1.71 bits per heavy atom. The highest BCUT2D eigenvalue weighted by molar-refractivity contribution is 7.98. The van der Waals surface area contributed by atoms with Crippen molar-refractivity contribution in [3.8, 4) is 0 Å². The maximum Gasteiger partial charge on any atom is 0.0724 e. The molecule has 1 N–H and O–H groups in total. The zero-order valence-corrected chi connectivity index (χ0v) is 10.5. The van der Waals surface area contributed by atoms with E-state index in [1.165, 1.54) is 12.8 Å². The molecular weight excluding hydrogens is 214 g/mol. The molecule has 1 rings (SSSR count). The molecule has 0 aromatic heterocycles. The van der Waals surface area contributed by atoms with Gasteiger partial charge in [0.1, 0.15) is 0 Å². The molecule has 0 bridgehead atoms. The Hall–Kier alpha value is 0.200. The van der Waals surface area contributed by atoms with Gasteiger partial charge in [-0.3, -0.25) is 0 Å². The lowest BCUT2D eigenvalue weighted by molar-refractivity contribution is 0.0453. The summed E-state index contributed by atoms with van der Waals surface area (Å²) in [6.45, 7) is 3.77. The van der Waals surface area contributed by atoms with Crippen molar-refractivity contribution in [1.29, 1.82) is 0 Å². The summed E-state index contributed by atoms with van der Waals surface area (Å²) in [5.74, 6) is 1.75. The molecule has 2 atom stereocenters. The van der Waals surface area contributed by atoms with Gasteiger partial charge in [-0.05, 0) is 26.0 Å². The Morgan fingerprint density at radius 3 is 3.00 bits per heavy atom. The number of thiocarbonyl (C=S) groups is 1. The molecule has 1 heterocycles. The average molecular weight is 233 g/mol. The van der Waals surface area contributed by atoms with E-state index < -0.39 is 0 Å². The van der Waals surface area contributed by atoms with Gasteiger partial charge in [-0.25, -0.2) is 0 Å². The van der Waals surface area contributed by atoms with Gasteiger partial charge in [0.05, 0.1) is 11.6 Å². The highest BCUT2D eigenvalue weighted by Crippen LogP contribution is 2.19. The summed E-state index contributed by atoms with van der Waals surface area (Å²) in [4.78, 5) is 0.898. The Morgan fingerprint density at radius 2 is 2.50 bits per heavy atom. The van der Waals surface area contributed by atoms with Gasteiger partial charge in [0.2, 0.25) is 0 Å². The van der Waals surface area contributed by atoms with E-state index >= 15 is 0 Å². The molecule has 0 amide bonds. The van der Waals surface area contributed by atoms with Crippen LogP contribution in [0.5, 0.6) is 0 Å². The van der Waals surface area contributed by atoms with Crippen LogP contribution in [0, 0.1) is 5.92 Å². The molecule has 1 aliphatic heterocycles. The number of thioether (sulfide) groups is 1. The van der Waals surface area contributed by atoms with Gasteiger partial charge < -0.3 is 10.1 Å². The van der Waals surface area contributed by atoms with Gasteiger partial charge in [0.15, 0.2) is 0 Å². The Balaban J connectivity index is 2.42. The van der Waals surface area contributed by atoms with E-state index in [0.29, 0.717) is 12.0 Å². The Labute approximate surface area is 96.2 Å². The predicted octanol–water partition coefficient (Wildman–Crippen LogP) is 2.08. The average Bonchev–Trinajstić information content (AvgIpc) is 2.18. The Kier molecular flexibility index (Phi) is 5.82.